The van der Waals surface area contributed by atoms with Crippen LogP contribution in [0.5, 0.6) is 0 Å². The van der Waals surface area contributed by atoms with Gasteiger partial charge in [0.2, 0.25) is 0 Å². The number of carbonyl (C=O) groups excluding carboxylic acids is 2. The number of nitrogens with one attached hydrogen (secondary N) is 1. The van der Waals surface area contributed by atoms with Gasteiger partial charge in [-0.2, -0.15) is 0 Å². The molecule has 8 nitrogen and oxygen atoms in total. The maximum absolute atomic E-state index is 12.2. The van der Waals surface area contributed by atoms with Crippen molar-refractivity contribution in [3.05, 3.63) is 47.2 Å². The Morgan fingerprint density at radius 1 is 1.26 bits per heavy atom. The third-order valence-electron chi connectivity index (χ3n) is 4.08. The van der Waals surface area contributed by atoms with Crippen LogP contribution < -0.4 is 5.32 Å². The molecule has 144 valence electrons. The number of aliphatic imine (C=N–C) groups is 1. The number of aromatic carboxylic acids is 1. The van der Waals surface area contributed by atoms with E-state index in [9.17, 15) is 14.4 Å². The lowest BCUT2D eigenvalue weighted by molar-refractivity contribution is -0.145. The van der Waals surface area contributed by atoms with Crippen LogP contribution in [0.25, 0.3) is 0 Å². The molecule has 1 aliphatic heterocycles. The van der Waals surface area contributed by atoms with Gasteiger partial charge in [-0.05, 0) is 42.5 Å². The lowest BCUT2D eigenvalue weighted by atomic mass is 9.98. The lowest BCUT2D eigenvalue weighted by Crippen LogP contribution is -2.35. The molecule has 27 heavy (non-hydrogen) atoms. The van der Waals surface area contributed by atoms with Gasteiger partial charge in [0, 0.05) is 12.4 Å². The van der Waals surface area contributed by atoms with Crippen molar-refractivity contribution < 1.29 is 29.0 Å². The summed E-state index contributed by atoms with van der Waals surface area (Å²) in [7, 11) is 0. The van der Waals surface area contributed by atoms with Gasteiger partial charge in [-0.15, -0.1) is 0 Å². The Balaban J connectivity index is 2.06. The molecule has 0 aliphatic carbocycles. The summed E-state index contributed by atoms with van der Waals surface area (Å²) in [5.41, 5.74) is 1.35. The molecule has 0 bridgehead atoms. The molecule has 1 aliphatic rings. The van der Waals surface area contributed by atoms with Gasteiger partial charge in [-0.1, -0.05) is 19.1 Å². The van der Waals surface area contributed by atoms with E-state index in [1.54, 1.807) is 19.3 Å². The Morgan fingerprint density at radius 2 is 1.96 bits per heavy atom. The summed E-state index contributed by atoms with van der Waals surface area (Å²) in [6, 6.07) is 4.50. The van der Waals surface area contributed by atoms with Crippen molar-refractivity contribution in [2.75, 3.05) is 13.2 Å². The first-order valence-electron chi connectivity index (χ1n) is 8.56. The molecule has 1 amide bonds. The molecular weight excluding hydrogens is 352 g/mol. The van der Waals surface area contributed by atoms with Crippen LogP contribution in [0.1, 0.15) is 42.2 Å². The van der Waals surface area contributed by atoms with Crippen LogP contribution in [0, 0.1) is 5.92 Å². The fourth-order valence-corrected chi connectivity index (χ4v) is 2.46. The average Bonchev–Trinajstić information content (AvgIpc) is 2.65. The molecule has 1 aromatic rings. The average molecular weight is 374 g/mol. The predicted molar refractivity (Wildman–Crippen MR) is 97.6 cm³/mol. The number of ether oxygens (including phenoxy) is 2. The SMILES string of the molecule is CCOC(=O)C(NC(=O)OCC1=CN=CCC1C)c1ccc(C(=O)O)cc1. The van der Waals surface area contributed by atoms with Gasteiger partial charge in [0.05, 0.1) is 12.2 Å². The standard InChI is InChI=1S/C19H22N2O6/c1-3-26-18(24)16(13-4-6-14(7-5-13)17(22)23)21-19(25)27-11-15-10-20-9-8-12(15)2/h4-7,9-10,12,16H,3,8,11H2,1-2H3,(H,21,25)(H,22,23). The fraction of sp³-hybridized carbons (Fsp3) is 0.368. The first-order chi connectivity index (χ1) is 12.9. The normalized spacial score (nSPS) is 16.8. The van der Waals surface area contributed by atoms with Gasteiger partial charge in [0.15, 0.2) is 6.04 Å². The second-order valence-electron chi connectivity index (χ2n) is 6.01. The summed E-state index contributed by atoms with van der Waals surface area (Å²) < 4.78 is 10.2. The lowest BCUT2D eigenvalue weighted by Gasteiger charge is -2.19. The Kier molecular flexibility index (Phi) is 7.10. The highest BCUT2D eigenvalue weighted by Gasteiger charge is 2.25. The van der Waals surface area contributed by atoms with E-state index in [0.717, 1.165) is 12.0 Å². The van der Waals surface area contributed by atoms with Crippen LogP contribution in [0.4, 0.5) is 4.79 Å². The topological polar surface area (TPSA) is 114 Å². The number of alkyl carbamates (subject to hydrolysis) is 1. The molecule has 0 saturated heterocycles. The highest BCUT2D eigenvalue weighted by atomic mass is 16.6. The second kappa shape index (κ2) is 9.51. The summed E-state index contributed by atoms with van der Waals surface area (Å²) in [5.74, 6) is -1.52. The Morgan fingerprint density at radius 3 is 2.56 bits per heavy atom. The zero-order chi connectivity index (χ0) is 19.8. The van der Waals surface area contributed by atoms with Crippen LogP contribution in [0.2, 0.25) is 0 Å². The van der Waals surface area contributed by atoms with Crippen molar-refractivity contribution in [3.8, 4) is 0 Å². The fourth-order valence-electron chi connectivity index (χ4n) is 2.46. The first kappa shape index (κ1) is 20.2. The third kappa shape index (κ3) is 5.67. The van der Waals surface area contributed by atoms with Gasteiger partial charge in [-0.25, -0.2) is 14.4 Å². The Hall–Kier alpha value is -3.16. The van der Waals surface area contributed by atoms with Crippen molar-refractivity contribution in [1.29, 1.82) is 0 Å². The number of hydrogen-bond acceptors (Lipinski definition) is 6. The summed E-state index contributed by atoms with van der Waals surface area (Å²) in [6.07, 6.45) is 3.46. The molecule has 8 heteroatoms. The molecule has 1 heterocycles. The summed E-state index contributed by atoms with van der Waals surface area (Å²) in [4.78, 5) is 39.4. The highest BCUT2D eigenvalue weighted by Crippen LogP contribution is 2.19. The molecule has 2 unspecified atom stereocenters. The predicted octanol–water partition coefficient (Wildman–Crippen LogP) is 2.71. The van der Waals surface area contributed by atoms with E-state index < -0.39 is 24.1 Å². The molecule has 0 fully saturated rings. The Bertz CT molecular complexity index is 754. The largest absolute Gasteiger partial charge is 0.478 e. The third-order valence-corrected chi connectivity index (χ3v) is 4.08. The first-order valence-corrected chi connectivity index (χ1v) is 8.56. The van der Waals surface area contributed by atoms with Gasteiger partial charge in [0.25, 0.3) is 0 Å². The van der Waals surface area contributed by atoms with E-state index >= 15 is 0 Å². The van der Waals surface area contributed by atoms with E-state index in [0.29, 0.717) is 5.56 Å². The van der Waals surface area contributed by atoms with E-state index in [4.69, 9.17) is 14.6 Å². The van der Waals surface area contributed by atoms with Gasteiger partial charge in [0.1, 0.15) is 6.61 Å². The molecule has 0 aromatic heterocycles. The number of benzene rings is 1. The number of nitrogens with zero attached hydrogens (tertiary/aromatic N) is 1. The van der Waals surface area contributed by atoms with E-state index in [1.807, 2.05) is 6.92 Å². The molecule has 0 radical (unpaired) electrons. The van der Waals surface area contributed by atoms with Gasteiger partial charge in [-0.3, -0.25) is 4.99 Å². The Labute approximate surface area is 156 Å². The van der Waals surface area contributed by atoms with Crippen molar-refractivity contribution in [2.45, 2.75) is 26.3 Å². The minimum Gasteiger partial charge on any atom is -0.478 e. The minimum absolute atomic E-state index is 0.0673. The monoisotopic (exact) mass is 374 g/mol. The molecule has 2 N–H and O–H groups in total. The maximum Gasteiger partial charge on any atom is 0.408 e. The molecule has 0 spiro atoms. The summed E-state index contributed by atoms with van der Waals surface area (Å²) >= 11 is 0. The van der Waals surface area contributed by atoms with Crippen LogP contribution in [-0.2, 0) is 14.3 Å². The highest BCUT2D eigenvalue weighted by molar-refractivity contribution is 5.88. The van der Waals surface area contributed by atoms with Gasteiger partial charge < -0.3 is 19.9 Å². The summed E-state index contributed by atoms with van der Waals surface area (Å²) in [5, 5.41) is 11.4. The zero-order valence-electron chi connectivity index (χ0n) is 15.2. The molecular formula is C19H22N2O6. The van der Waals surface area contributed by atoms with Crippen LogP contribution in [0.15, 0.2) is 41.0 Å². The number of hydrogen-bond donors (Lipinski definition) is 2. The quantitative estimate of drug-likeness (QED) is 0.709. The molecule has 1 aromatic carbocycles. The molecule has 2 rings (SSSR count). The van der Waals surface area contributed by atoms with Crippen molar-refractivity contribution >= 4 is 24.2 Å². The number of amides is 1. The molecule has 2 atom stereocenters. The number of carboxylic acid groups (broad SMARTS) is 1. The van der Waals surface area contributed by atoms with Crippen molar-refractivity contribution in [2.24, 2.45) is 10.9 Å². The van der Waals surface area contributed by atoms with Crippen molar-refractivity contribution in [3.63, 3.8) is 0 Å². The van der Waals surface area contributed by atoms with Gasteiger partial charge >= 0.3 is 18.0 Å². The number of carboxylic acids is 1. The zero-order valence-corrected chi connectivity index (χ0v) is 15.2. The minimum atomic E-state index is -1.10. The number of esters is 1. The van der Waals surface area contributed by atoms with E-state index in [1.165, 1.54) is 24.3 Å². The van der Waals surface area contributed by atoms with Crippen LogP contribution >= 0.6 is 0 Å². The van der Waals surface area contributed by atoms with E-state index in [-0.39, 0.29) is 24.7 Å². The number of carbonyl (C=O) groups is 3. The molecule has 0 saturated carbocycles. The second-order valence-corrected chi connectivity index (χ2v) is 6.01. The van der Waals surface area contributed by atoms with Crippen molar-refractivity contribution in [1.82, 2.24) is 5.32 Å². The summed E-state index contributed by atoms with van der Waals surface area (Å²) in [6.45, 7) is 3.86. The number of rotatable bonds is 7. The maximum atomic E-state index is 12.2. The van der Waals surface area contributed by atoms with Crippen LogP contribution in [-0.4, -0.2) is 42.6 Å². The van der Waals surface area contributed by atoms with Crippen LogP contribution in [0.3, 0.4) is 0 Å². The van der Waals surface area contributed by atoms with E-state index in [2.05, 4.69) is 10.3 Å². The smallest absolute Gasteiger partial charge is 0.408 e.